The van der Waals surface area contributed by atoms with E-state index in [4.69, 9.17) is 0 Å². The quantitative estimate of drug-likeness (QED) is 0.625. The number of pyridine rings is 1. The van der Waals surface area contributed by atoms with Crippen molar-refractivity contribution in [2.45, 2.75) is 6.92 Å². The molecule has 2 rings (SSSR count). The molecule has 0 radical (unpaired) electrons. The van der Waals surface area contributed by atoms with Gasteiger partial charge in [0.05, 0.1) is 0 Å². The van der Waals surface area contributed by atoms with Crippen LogP contribution in [0.25, 0.3) is 11.1 Å². The number of halogens is 1. The van der Waals surface area contributed by atoms with Crippen molar-refractivity contribution in [3.8, 4) is 11.1 Å². The van der Waals surface area contributed by atoms with Crippen LogP contribution in [-0.4, -0.2) is 4.98 Å². The Hall–Kier alpha value is -1.70. The Morgan fingerprint density at radius 1 is 1.00 bits per heavy atom. The lowest BCUT2D eigenvalue weighted by atomic mass is 10.0. The summed E-state index contributed by atoms with van der Waals surface area (Å²) in [4.78, 5) is 3.63. The van der Waals surface area contributed by atoms with E-state index in [1.54, 1.807) is 12.1 Å². The highest BCUT2D eigenvalue weighted by atomic mass is 19.1. The molecule has 0 N–H and O–H groups in total. The standard InChI is InChI=1S/C12H10FN/c1-9-5-2-3-6-10(9)11-7-4-8-14-12(11)13/h2-8H,1H3. The third-order valence-electron chi connectivity index (χ3n) is 2.19. The number of aromatic nitrogens is 1. The summed E-state index contributed by atoms with van der Waals surface area (Å²) in [6.45, 7) is 1.96. The molecule has 0 aliphatic heterocycles. The Kier molecular flexibility index (Phi) is 2.27. The maximum absolute atomic E-state index is 13.3. The van der Waals surface area contributed by atoms with Gasteiger partial charge in [0.1, 0.15) is 0 Å². The molecular weight excluding hydrogens is 177 g/mol. The van der Waals surface area contributed by atoms with E-state index in [1.807, 2.05) is 31.2 Å². The Balaban J connectivity index is 2.61. The molecule has 1 aromatic carbocycles. The molecule has 1 heterocycles. The van der Waals surface area contributed by atoms with Gasteiger partial charge in [0.15, 0.2) is 0 Å². The second kappa shape index (κ2) is 3.58. The molecule has 0 atom stereocenters. The Morgan fingerprint density at radius 3 is 2.43 bits per heavy atom. The van der Waals surface area contributed by atoms with Crippen LogP contribution in [0.1, 0.15) is 5.56 Å². The molecule has 2 heteroatoms. The van der Waals surface area contributed by atoms with E-state index in [0.29, 0.717) is 5.56 Å². The van der Waals surface area contributed by atoms with E-state index >= 15 is 0 Å². The molecule has 0 amide bonds. The zero-order chi connectivity index (χ0) is 9.97. The van der Waals surface area contributed by atoms with Gasteiger partial charge in [-0.3, -0.25) is 0 Å². The van der Waals surface area contributed by atoms with Crippen molar-refractivity contribution < 1.29 is 4.39 Å². The van der Waals surface area contributed by atoms with Gasteiger partial charge in [0, 0.05) is 11.8 Å². The first-order valence-corrected chi connectivity index (χ1v) is 4.45. The molecule has 0 aliphatic rings. The van der Waals surface area contributed by atoms with Crippen LogP contribution in [-0.2, 0) is 0 Å². The lowest BCUT2D eigenvalue weighted by Crippen LogP contribution is -1.89. The zero-order valence-electron chi connectivity index (χ0n) is 7.87. The minimum absolute atomic E-state index is 0.415. The second-order valence-corrected chi connectivity index (χ2v) is 3.16. The lowest BCUT2D eigenvalue weighted by molar-refractivity contribution is 0.587. The van der Waals surface area contributed by atoms with Gasteiger partial charge in [0.2, 0.25) is 5.95 Å². The molecule has 14 heavy (non-hydrogen) atoms. The van der Waals surface area contributed by atoms with Crippen molar-refractivity contribution in [3.63, 3.8) is 0 Å². The SMILES string of the molecule is Cc1ccccc1-c1cccnc1F. The minimum atomic E-state index is -0.415. The summed E-state index contributed by atoms with van der Waals surface area (Å²) in [5.74, 6) is -0.415. The highest BCUT2D eigenvalue weighted by molar-refractivity contribution is 5.66. The van der Waals surface area contributed by atoms with Crippen LogP contribution in [0.15, 0.2) is 42.6 Å². The van der Waals surface area contributed by atoms with Gasteiger partial charge in [-0.25, -0.2) is 4.98 Å². The fraction of sp³-hybridized carbons (Fsp3) is 0.0833. The molecule has 0 aliphatic carbocycles. The highest BCUT2D eigenvalue weighted by Crippen LogP contribution is 2.23. The summed E-state index contributed by atoms with van der Waals surface area (Å²) < 4.78 is 13.3. The molecule has 0 fully saturated rings. The third kappa shape index (κ3) is 1.51. The second-order valence-electron chi connectivity index (χ2n) is 3.16. The summed E-state index contributed by atoms with van der Waals surface area (Å²) in [6.07, 6.45) is 1.46. The number of rotatable bonds is 1. The van der Waals surface area contributed by atoms with Gasteiger partial charge in [-0.1, -0.05) is 24.3 Å². The molecule has 0 unspecified atom stereocenters. The fourth-order valence-corrected chi connectivity index (χ4v) is 1.46. The summed E-state index contributed by atoms with van der Waals surface area (Å²) in [5.41, 5.74) is 2.52. The van der Waals surface area contributed by atoms with E-state index in [-0.39, 0.29) is 0 Å². The van der Waals surface area contributed by atoms with Gasteiger partial charge < -0.3 is 0 Å². The average Bonchev–Trinajstić information content (AvgIpc) is 2.20. The number of hydrogen-bond donors (Lipinski definition) is 0. The topological polar surface area (TPSA) is 12.9 Å². The predicted molar refractivity (Wildman–Crippen MR) is 54.4 cm³/mol. The number of nitrogens with zero attached hydrogens (tertiary/aromatic N) is 1. The van der Waals surface area contributed by atoms with Crippen molar-refractivity contribution in [1.82, 2.24) is 4.98 Å². The molecule has 1 nitrogen and oxygen atoms in total. The van der Waals surface area contributed by atoms with Gasteiger partial charge in [0.25, 0.3) is 0 Å². The van der Waals surface area contributed by atoms with E-state index in [1.165, 1.54) is 6.20 Å². The summed E-state index contributed by atoms with van der Waals surface area (Å²) in [6, 6.07) is 11.2. The molecule has 70 valence electrons. The van der Waals surface area contributed by atoms with Crippen molar-refractivity contribution in [2.24, 2.45) is 0 Å². The molecule has 1 aromatic heterocycles. The Labute approximate surface area is 82.2 Å². The maximum atomic E-state index is 13.3. The number of hydrogen-bond acceptors (Lipinski definition) is 1. The van der Waals surface area contributed by atoms with Crippen molar-refractivity contribution in [3.05, 3.63) is 54.1 Å². The van der Waals surface area contributed by atoms with E-state index < -0.39 is 5.95 Å². The molecular formula is C12H10FN. The van der Waals surface area contributed by atoms with E-state index in [9.17, 15) is 4.39 Å². The number of benzene rings is 1. The van der Waals surface area contributed by atoms with Gasteiger partial charge in [-0.05, 0) is 30.2 Å². The summed E-state index contributed by atoms with van der Waals surface area (Å²) >= 11 is 0. The van der Waals surface area contributed by atoms with Crippen molar-refractivity contribution in [2.75, 3.05) is 0 Å². The molecule has 2 aromatic rings. The molecule has 0 saturated heterocycles. The first-order valence-electron chi connectivity index (χ1n) is 4.45. The first-order chi connectivity index (χ1) is 6.79. The maximum Gasteiger partial charge on any atom is 0.220 e. The van der Waals surface area contributed by atoms with Crippen LogP contribution in [0.5, 0.6) is 0 Å². The molecule has 0 saturated carbocycles. The average molecular weight is 187 g/mol. The van der Waals surface area contributed by atoms with Crippen molar-refractivity contribution in [1.29, 1.82) is 0 Å². The fourth-order valence-electron chi connectivity index (χ4n) is 1.46. The minimum Gasteiger partial charge on any atom is -0.228 e. The summed E-state index contributed by atoms with van der Waals surface area (Å²) in [5, 5.41) is 0. The van der Waals surface area contributed by atoms with E-state index in [2.05, 4.69) is 4.98 Å². The highest BCUT2D eigenvalue weighted by Gasteiger charge is 2.06. The third-order valence-corrected chi connectivity index (χ3v) is 2.19. The normalized spacial score (nSPS) is 10.1. The molecule has 0 bridgehead atoms. The predicted octanol–water partition coefficient (Wildman–Crippen LogP) is 3.20. The van der Waals surface area contributed by atoms with Crippen LogP contribution < -0.4 is 0 Å². The smallest absolute Gasteiger partial charge is 0.220 e. The van der Waals surface area contributed by atoms with Crippen LogP contribution in [0, 0.1) is 12.9 Å². The zero-order valence-corrected chi connectivity index (χ0v) is 7.87. The largest absolute Gasteiger partial charge is 0.228 e. The van der Waals surface area contributed by atoms with E-state index in [0.717, 1.165) is 11.1 Å². The first kappa shape index (κ1) is 8.88. The summed E-state index contributed by atoms with van der Waals surface area (Å²) in [7, 11) is 0. The van der Waals surface area contributed by atoms with Crippen LogP contribution in [0.3, 0.4) is 0 Å². The van der Waals surface area contributed by atoms with Gasteiger partial charge >= 0.3 is 0 Å². The molecule has 0 spiro atoms. The van der Waals surface area contributed by atoms with Crippen LogP contribution in [0.4, 0.5) is 4.39 Å². The monoisotopic (exact) mass is 187 g/mol. The Bertz CT molecular complexity index is 408. The lowest BCUT2D eigenvalue weighted by Gasteiger charge is -2.05. The van der Waals surface area contributed by atoms with Gasteiger partial charge in [-0.15, -0.1) is 0 Å². The van der Waals surface area contributed by atoms with Gasteiger partial charge in [-0.2, -0.15) is 4.39 Å². The number of aryl methyl sites for hydroxylation is 1. The van der Waals surface area contributed by atoms with Crippen LogP contribution >= 0.6 is 0 Å². The Morgan fingerprint density at radius 2 is 1.71 bits per heavy atom. The van der Waals surface area contributed by atoms with Crippen LogP contribution in [0.2, 0.25) is 0 Å². The van der Waals surface area contributed by atoms with Crippen molar-refractivity contribution >= 4 is 0 Å².